The normalized spacial score (nSPS) is 24.3. The molecule has 0 saturated heterocycles. The number of carbonyl (C=O) groups is 1. The maximum absolute atomic E-state index is 13.0. The Labute approximate surface area is 117 Å². The highest BCUT2D eigenvalue weighted by molar-refractivity contribution is 6.17. The first kappa shape index (κ1) is 16.6. The zero-order valence-electron chi connectivity index (χ0n) is 11.2. The summed E-state index contributed by atoms with van der Waals surface area (Å²) >= 11 is 5.58. The molecule has 0 bridgehead atoms. The van der Waals surface area contributed by atoms with Gasteiger partial charge >= 0.3 is 6.18 Å². The molecule has 0 aromatic carbocycles. The Morgan fingerprint density at radius 3 is 2.47 bits per heavy atom. The summed E-state index contributed by atoms with van der Waals surface area (Å²) in [4.78, 5) is 13.8. The van der Waals surface area contributed by atoms with Crippen LogP contribution in [0.5, 0.6) is 0 Å². The minimum absolute atomic E-state index is 0.0764. The zero-order chi connectivity index (χ0) is 14.5. The summed E-state index contributed by atoms with van der Waals surface area (Å²) in [5, 5.41) is 0. The second-order valence-electron chi connectivity index (χ2n) is 5.00. The minimum atomic E-state index is -4.27. The molecule has 0 N–H and O–H groups in total. The van der Waals surface area contributed by atoms with E-state index in [9.17, 15) is 18.0 Å². The van der Waals surface area contributed by atoms with Gasteiger partial charge in [0.15, 0.2) is 0 Å². The number of rotatable bonds is 5. The third-order valence-electron chi connectivity index (χ3n) is 3.76. The molecule has 1 amide bonds. The van der Waals surface area contributed by atoms with Crippen LogP contribution in [0.15, 0.2) is 0 Å². The average Bonchev–Trinajstić information content (AvgIpc) is 2.38. The van der Waals surface area contributed by atoms with Gasteiger partial charge in [0.1, 0.15) is 0 Å². The summed E-state index contributed by atoms with van der Waals surface area (Å²) < 4.78 is 38.9. The number of nitrogens with zero attached hydrogens (tertiary/aromatic N) is 1. The van der Waals surface area contributed by atoms with Gasteiger partial charge in [0.2, 0.25) is 5.91 Å². The molecule has 1 aliphatic carbocycles. The Balaban J connectivity index is 2.75. The van der Waals surface area contributed by atoms with Gasteiger partial charge in [-0.2, -0.15) is 13.2 Å². The van der Waals surface area contributed by atoms with Crippen LogP contribution < -0.4 is 0 Å². The van der Waals surface area contributed by atoms with Gasteiger partial charge in [0.05, 0.1) is 5.92 Å². The lowest BCUT2D eigenvalue weighted by molar-refractivity contribution is -0.200. The van der Waals surface area contributed by atoms with Crippen LogP contribution in [0.1, 0.15) is 39.0 Å². The Morgan fingerprint density at radius 2 is 1.95 bits per heavy atom. The summed E-state index contributed by atoms with van der Waals surface area (Å²) in [5.74, 6) is -2.31. The lowest BCUT2D eigenvalue weighted by Gasteiger charge is -2.35. The van der Waals surface area contributed by atoms with Crippen LogP contribution in [0.25, 0.3) is 0 Å². The van der Waals surface area contributed by atoms with Gasteiger partial charge in [0.25, 0.3) is 0 Å². The van der Waals surface area contributed by atoms with E-state index >= 15 is 0 Å². The molecule has 2 nitrogen and oxygen atoms in total. The van der Waals surface area contributed by atoms with Gasteiger partial charge in [-0.05, 0) is 26.2 Å². The molecule has 1 rings (SSSR count). The van der Waals surface area contributed by atoms with Gasteiger partial charge in [0, 0.05) is 24.9 Å². The SMILES string of the molecule is CCN(CCCCl)C(=O)C1CCCCC1C(F)(F)F. The second kappa shape index (κ2) is 7.36. The molecular formula is C13H21ClF3NO. The molecule has 0 aliphatic heterocycles. The smallest absolute Gasteiger partial charge is 0.343 e. The van der Waals surface area contributed by atoms with Crippen molar-refractivity contribution >= 4 is 17.5 Å². The highest BCUT2D eigenvalue weighted by atomic mass is 35.5. The largest absolute Gasteiger partial charge is 0.392 e. The van der Waals surface area contributed by atoms with Crippen LogP contribution in [0.4, 0.5) is 13.2 Å². The van der Waals surface area contributed by atoms with E-state index in [0.717, 1.165) is 0 Å². The second-order valence-corrected chi connectivity index (χ2v) is 5.38. The maximum Gasteiger partial charge on any atom is 0.392 e. The van der Waals surface area contributed by atoms with Crippen molar-refractivity contribution in [1.82, 2.24) is 4.90 Å². The van der Waals surface area contributed by atoms with E-state index in [1.54, 1.807) is 6.92 Å². The molecule has 0 spiro atoms. The van der Waals surface area contributed by atoms with E-state index in [2.05, 4.69) is 0 Å². The average molecular weight is 300 g/mol. The van der Waals surface area contributed by atoms with E-state index in [4.69, 9.17) is 11.6 Å². The fourth-order valence-electron chi connectivity index (χ4n) is 2.73. The van der Waals surface area contributed by atoms with Crippen molar-refractivity contribution in [3.8, 4) is 0 Å². The Kier molecular flexibility index (Phi) is 6.43. The lowest BCUT2D eigenvalue weighted by Crippen LogP contribution is -2.45. The van der Waals surface area contributed by atoms with Crippen molar-refractivity contribution in [2.45, 2.75) is 45.2 Å². The summed E-state index contributed by atoms with van der Waals surface area (Å²) in [6.45, 7) is 2.67. The summed E-state index contributed by atoms with van der Waals surface area (Å²) in [6, 6.07) is 0. The van der Waals surface area contributed by atoms with E-state index in [1.807, 2.05) is 0 Å². The standard InChI is InChI=1S/C13H21ClF3NO/c1-2-18(9-5-8-14)12(19)10-6-3-4-7-11(10)13(15,16)17/h10-11H,2-9H2,1H3. The van der Waals surface area contributed by atoms with Gasteiger partial charge in [-0.3, -0.25) is 4.79 Å². The molecular weight excluding hydrogens is 279 g/mol. The lowest BCUT2D eigenvalue weighted by atomic mass is 9.78. The minimum Gasteiger partial charge on any atom is -0.343 e. The first-order valence-corrected chi connectivity index (χ1v) is 7.36. The number of alkyl halides is 4. The topological polar surface area (TPSA) is 20.3 Å². The first-order chi connectivity index (χ1) is 8.91. The molecule has 0 aromatic heterocycles. The predicted octanol–water partition coefficient (Wildman–Crippen LogP) is 3.83. The first-order valence-electron chi connectivity index (χ1n) is 6.83. The third-order valence-corrected chi connectivity index (χ3v) is 4.03. The van der Waals surface area contributed by atoms with Gasteiger partial charge < -0.3 is 4.90 Å². The molecule has 0 radical (unpaired) electrons. The number of hydrogen-bond donors (Lipinski definition) is 0. The highest BCUT2D eigenvalue weighted by Gasteiger charge is 2.48. The Bertz CT molecular complexity index is 296. The van der Waals surface area contributed by atoms with Crippen LogP contribution in [0.2, 0.25) is 0 Å². The fourth-order valence-corrected chi connectivity index (χ4v) is 2.85. The Morgan fingerprint density at radius 1 is 1.32 bits per heavy atom. The van der Waals surface area contributed by atoms with Crippen molar-refractivity contribution in [3.63, 3.8) is 0 Å². The number of carbonyl (C=O) groups excluding carboxylic acids is 1. The van der Waals surface area contributed by atoms with Gasteiger partial charge in [-0.25, -0.2) is 0 Å². The van der Waals surface area contributed by atoms with Gasteiger partial charge in [-0.15, -0.1) is 11.6 Å². The molecule has 2 unspecified atom stereocenters. The third kappa shape index (κ3) is 4.55. The number of halogens is 4. The maximum atomic E-state index is 13.0. The molecule has 0 heterocycles. The highest BCUT2D eigenvalue weighted by Crippen LogP contribution is 2.42. The molecule has 19 heavy (non-hydrogen) atoms. The molecule has 6 heteroatoms. The van der Waals surface area contributed by atoms with Crippen LogP contribution in [0.3, 0.4) is 0 Å². The van der Waals surface area contributed by atoms with Crippen LogP contribution in [-0.2, 0) is 4.79 Å². The van der Waals surface area contributed by atoms with E-state index in [-0.39, 0.29) is 12.3 Å². The molecule has 1 saturated carbocycles. The molecule has 1 aliphatic rings. The van der Waals surface area contributed by atoms with Crippen molar-refractivity contribution in [3.05, 3.63) is 0 Å². The van der Waals surface area contributed by atoms with E-state index in [0.29, 0.717) is 44.7 Å². The molecule has 2 atom stereocenters. The summed E-state index contributed by atoms with van der Waals surface area (Å²) in [7, 11) is 0. The summed E-state index contributed by atoms with van der Waals surface area (Å²) in [6.07, 6.45) is -1.97. The van der Waals surface area contributed by atoms with Crippen LogP contribution >= 0.6 is 11.6 Å². The van der Waals surface area contributed by atoms with Crippen molar-refractivity contribution < 1.29 is 18.0 Å². The quantitative estimate of drug-likeness (QED) is 0.707. The van der Waals surface area contributed by atoms with E-state index in [1.165, 1.54) is 4.90 Å². The monoisotopic (exact) mass is 299 g/mol. The fraction of sp³-hybridized carbons (Fsp3) is 0.923. The zero-order valence-corrected chi connectivity index (χ0v) is 11.9. The van der Waals surface area contributed by atoms with Crippen molar-refractivity contribution in [2.75, 3.05) is 19.0 Å². The van der Waals surface area contributed by atoms with Gasteiger partial charge in [-0.1, -0.05) is 12.8 Å². The van der Waals surface area contributed by atoms with Crippen molar-refractivity contribution in [1.29, 1.82) is 0 Å². The number of hydrogen-bond acceptors (Lipinski definition) is 1. The van der Waals surface area contributed by atoms with Crippen LogP contribution in [0, 0.1) is 11.8 Å². The molecule has 112 valence electrons. The molecule has 0 aromatic rings. The Hall–Kier alpha value is -0.450. The van der Waals surface area contributed by atoms with Crippen LogP contribution in [-0.4, -0.2) is 36.0 Å². The number of amides is 1. The van der Waals surface area contributed by atoms with Crippen molar-refractivity contribution in [2.24, 2.45) is 11.8 Å². The van der Waals surface area contributed by atoms with E-state index < -0.39 is 18.0 Å². The predicted molar refractivity (Wildman–Crippen MR) is 69.1 cm³/mol. The molecule has 1 fully saturated rings. The summed E-state index contributed by atoms with van der Waals surface area (Å²) in [5.41, 5.74) is 0.